The Kier molecular flexibility index (Phi) is 7.77. The zero-order valence-electron chi connectivity index (χ0n) is 13.7. The first-order valence-corrected chi connectivity index (χ1v) is 7.49. The molecule has 8 nitrogen and oxygen atoms in total. The molecule has 0 radical (unpaired) electrons. The average Bonchev–Trinajstić information content (AvgIpc) is 2.59. The van der Waals surface area contributed by atoms with E-state index in [9.17, 15) is 14.4 Å². The van der Waals surface area contributed by atoms with Gasteiger partial charge in [0.05, 0.1) is 13.1 Å². The van der Waals surface area contributed by atoms with Gasteiger partial charge in [-0.2, -0.15) is 0 Å². The number of nitrogens with zero attached hydrogens (tertiary/aromatic N) is 1. The van der Waals surface area contributed by atoms with E-state index >= 15 is 0 Å². The molecule has 0 spiro atoms. The fourth-order valence-electron chi connectivity index (χ4n) is 2.03. The standard InChI is InChI=1S/C16H19N5O3.ClH/c1-2-11-7-13(22)21-16(20-11)10-4-3-5-12(6-10)19-15(24)9-18-14(23)8-17;/h3-7H,2,8-9,17H2,1H3,(H,18,23)(H,19,24)(H,20,21,22);1H. The van der Waals surface area contributed by atoms with Gasteiger partial charge in [-0.15, -0.1) is 12.4 Å². The summed E-state index contributed by atoms with van der Waals surface area (Å²) in [5.74, 6) is -0.346. The van der Waals surface area contributed by atoms with Gasteiger partial charge in [-0.25, -0.2) is 4.98 Å². The quantitative estimate of drug-likeness (QED) is 0.590. The first kappa shape index (κ1) is 20.3. The number of nitrogens with one attached hydrogen (secondary N) is 3. The lowest BCUT2D eigenvalue weighted by Gasteiger charge is -2.08. The lowest BCUT2D eigenvalue weighted by Crippen LogP contribution is -2.36. The molecule has 0 aliphatic carbocycles. The van der Waals surface area contributed by atoms with Crippen molar-refractivity contribution in [2.75, 3.05) is 18.4 Å². The van der Waals surface area contributed by atoms with Crippen molar-refractivity contribution in [1.29, 1.82) is 0 Å². The number of carbonyl (C=O) groups excluding carboxylic acids is 2. The molecule has 1 aromatic heterocycles. The summed E-state index contributed by atoms with van der Waals surface area (Å²) in [4.78, 5) is 41.6. The number of anilines is 1. The molecule has 1 aromatic carbocycles. The molecule has 0 bridgehead atoms. The van der Waals surface area contributed by atoms with Crippen molar-refractivity contribution < 1.29 is 9.59 Å². The highest BCUT2D eigenvalue weighted by Crippen LogP contribution is 2.18. The van der Waals surface area contributed by atoms with Gasteiger partial charge in [0.1, 0.15) is 5.82 Å². The molecule has 25 heavy (non-hydrogen) atoms. The number of nitrogens with two attached hydrogens (primary N) is 1. The minimum atomic E-state index is -0.406. The zero-order valence-corrected chi connectivity index (χ0v) is 14.5. The topological polar surface area (TPSA) is 130 Å². The van der Waals surface area contributed by atoms with Crippen molar-refractivity contribution in [2.24, 2.45) is 5.73 Å². The highest BCUT2D eigenvalue weighted by molar-refractivity contribution is 5.95. The summed E-state index contributed by atoms with van der Waals surface area (Å²) in [7, 11) is 0. The van der Waals surface area contributed by atoms with Crippen LogP contribution in [-0.4, -0.2) is 34.9 Å². The van der Waals surface area contributed by atoms with Crippen molar-refractivity contribution in [2.45, 2.75) is 13.3 Å². The Morgan fingerprint density at radius 2 is 2.00 bits per heavy atom. The summed E-state index contributed by atoms with van der Waals surface area (Å²) in [6, 6.07) is 8.37. The van der Waals surface area contributed by atoms with Crippen LogP contribution in [0.3, 0.4) is 0 Å². The van der Waals surface area contributed by atoms with Crippen LogP contribution in [0.5, 0.6) is 0 Å². The predicted molar refractivity (Wildman–Crippen MR) is 97.6 cm³/mol. The molecule has 2 aromatic rings. The molecule has 0 unspecified atom stereocenters. The van der Waals surface area contributed by atoms with Gasteiger partial charge in [0.25, 0.3) is 5.56 Å². The summed E-state index contributed by atoms with van der Waals surface area (Å²) in [5.41, 5.74) is 6.82. The Hall–Kier alpha value is -2.71. The SMILES string of the molecule is CCc1cc(=O)[nH]c(-c2cccc(NC(=O)CNC(=O)CN)c2)n1.Cl. The Bertz CT molecular complexity index is 806. The van der Waals surface area contributed by atoms with Crippen molar-refractivity contribution in [3.05, 3.63) is 46.4 Å². The van der Waals surface area contributed by atoms with Crippen molar-refractivity contribution in [3.8, 4) is 11.4 Å². The molecule has 0 atom stereocenters. The second-order valence-corrected chi connectivity index (χ2v) is 5.05. The van der Waals surface area contributed by atoms with E-state index in [1.807, 2.05) is 6.92 Å². The largest absolute Gasteiger partial charge is 0.346 e. The van der Waals surface area contributed by atoms with Crippen molar-refractivity contribution in [3.63, 3.8) is 0 Å². The van der Waals surface area contributed by atoms with Gasteiger partial charge in [0.15, 0.2) is 0 Å². The maximum Gasteiger partial charge on any atom is 0.251 e. The second-order valence-electron chi connectivity index (χ2n) is 5.05. The Morgan fingerprint density at radius 3 is 2.68 bits per heavy atom. The van der Waals surface area contributed by atoms with Crippen LogP contribution >= 0.6 is 12.4 Å². The number of halogens is 1. The molecule has 5 N–H and O–H groups in total. The third-order valence-electron chi connectivity index (χ3n) is 3.21. The number of carbonyl (C=O) groups is 2. The van der Waals surface area contributed by atoms with E-state index in [0.29, 0.717) is 29.2 Å². The number of aromatic nitrogens is 2. The molecular formula is C16H20ClN5O3. The Labute approximate surface area is 150 Å². The minimum Gasteiger partial charge on any atom is -0.346 e. The van der Waals surface area contributed by atoms with Crippen LogP contribution in [0, 0.1) is 0 Å². The van der Waals surface area contributed by atoms with Gasteiger partial charge in [0.2, 0.25) is 11.8 Å². The molecule has 0 fully saturated rings. The first-order valence-electron chi connectivity index (χ1n) is 7.49. The lowest BCUT2D eigenvalue weighted by atomic mass is 10.1. The van der Waals surface area contributed by atoms with Gasteiger partial charge in [0, 0.05) is 23.0 Å². The highest BCUT2D eigenvalue weighted by Gasteiger charge is 2.07. The summed E-state index contributed by atoms with van der Waals surface area (Å²) in [5, 5.41) is 5.05. The van der Waals surface area contributed by atoms with Gasteiger partial charge < -0.3 is 21.4 Å². The molecule has 0 aliphatic rings. The summed E-state index contributed by atoms with van der Waals surface area (Å²) < 4.78 is 0. The molecule has 9 heteroatoms. The smallest absolute Gasteiger partial charge is 0.251 e. The maximum atomic E-state index is 11.8. The van der Waals surface area contributed by atoms with E-state index in [-0.39, 0.29) is 37.0 Å². The van der Waals surface area contributed by atoms with E-state index in [1.165, 1.54) is 6.07 Å². The van der Waals surface area contributed by atoms with Crippen LogP contribution in [0.1, 0.15) is 12.6 Å². The summed E-state index contributed by atoms with van der Waals surface area (Å²) in [6.07, 6.45) is 0.647. The summed E-state index contributed by atoms with van der Waals surface area (Å²) >= 11 is 0. The van der Waals surface area contributed by atoms with E-state index in [2.05, 4.69) is 20.6 Å². The number of amides is 2. The Balaban J connectivity index is 0.00000312. The van der Waals surface area contributed by atoms with Crippen LogP contribution in [0.25, 0.3) is 11.4 Å². The van der Waals surface area contributed by atoms with Crippen molar-refractivity contribution >= 4 is 29.9 Å². The van der Waals surface area contributed by atoms with Crippen LogP contribution < -0.4 is 21.9 Å². The molecule has 2 amide bonds. The molecule has 1 heterocycles. The van der Waals surface area contributed by atoms with Crippen LogP contribution in [-0.2, 0) is 16.0 Å². The highest BCUT2D eigenvalue weighted by atomic mass is 35.5. The molecule has 2 rings (SSSR count). The van der Waals surface area contributed by atoms with Gasteiger partial charge in [-0.3, -0.25) is 14.4 Å². The van der Waals surface area contributed by atoms with Gasteiger partial charge in [-0.1, -0.05) is 19.1 Å². The third kappa shape index (κ3) is 6.02. The molecule has 134 valence electrons. The number of rotatable bonds is 6. The number of H-pyrrole nitrogens is 1. The Morgan fingerprint density at radius 1 is 1.24 bits per heavy atom. The molecule has 0 saturated heterocycles. The number of aryl methyl sites for hydroxylation is 1. The van der Waals surface area contributed by atoms with E-state index in [0.717, 1.165) is 0 Å². The molecular weight excluding hydrogens is 346 g/mol. The monoisotopic (exact) mass is 365 g/mol. The minimum absolute atomic E-state index is 0. The number of hydrogen-bond donors (Lipinski definition) is 4. The average molecular weight is 366 g/mol. The van der Waals surface area contributed by atoms with Gasteiger partial charge >= 0.3 is 0 Å². The molecule has 0 saturated carbocycles. The van der Waals surface area contributed by atoms with Crippen molar-refractivity contribution in [1.82, 2.24) is 15.3 Å². The maximum absolute atomic E-state index is 11.8. The number of hydrogen-bond acceptors (Lipinski definition) is 5. The van der Waals surface area contributed by atoms with E-state index in [1.54, 1.807) is 24.3 Å². The fraction of sp³-hybridized carbons (Fsp3) is 0.250. The normalized spacial score (nSPS) is 9.84. The third-order valence-corrected chi connectivity index (χ3v) is 3.21. The predicted octanol–water partition coefficient (Wildman–Crippen LogP) is 0.435. The van der Waals surface area contributed by atoms with E-state index < -0.39 is 5.91 Å². The lowest BCUT2D eigenvalue weighted by molar-refractivity contribution is -0.123. The number of benzene rings is 1. The van der Waals surface area contributed by atoms with Crippen LogP contribution in [0.4, 0.5) is 5.69 Å². The zero-order chi connectivity index (χ0) is 17.5. The molecule has 0 aliphatic heterocycles. The van der Waals surface area contributed by atoms with Crippen LogP contribution in [0.2, 0.25) is 0 Å². The van der Waals surface area contributed by atoms with E-state index in [4.69, 9.17) is 5.73 Å². The van der Waals surface area contributed by atoms with Gasteiger partial charge in [-0.05, 0) is 18.6 Å². The summed E-state index contributed by atoms with van der Waals surface area (Å²) in [6.45, 7) is 1.58. The second kappa shape index (κ2) is 9.55. The first-order chi connectivity index (χ1) is 11.5. The number of aromatic amines is 1. The fourth-order valence-corrected chi connectivity index (χ4v) is 2.03. The van der Waals surface area contributed by atoms with Crippen LogP contribution in [0.15, 0.2) is 35.1 Å².